The van der Waals surface area contributed by atoms with Crippen LogP contribution in [0.5, 0.6) is 0 Å². The van der Waals surface area contributed by atoms with Gasteiger partial charge < -0.3 is 15.5 Å². The average molecular weight is 446 g/mol. The van der Waals surface area contributed by atoms with Crippen molar-refractivity contribution in [2.75, 3.05) is 43.7 Å². The van der Waals surface area contributed by atoms with Gasteiger partial charge in [-0.2, -0.15) is 0 Å². The molecule has 0 aliphatic rings. The molecule has 0 fully saturated rings. The fourth-order valence-corrected chi connectivity index (χ4v) is 3.39. The molecule has 0 atom stereocenters. The number of nitrogens with zero attached hydrogens (tertiary/aromatic N) is 3. The summed E-state index contributed by atoms with van der Waals surface area (Å²) in [5.41, 5.74) is 2.08. The van der Waals surface area contributed by atoms with Gasteiger partial charge in [0.15, 0.2) is 5.82 Å². The Balaban J connectivity index is 1.98. The third-order valence-electron chi connectivity index (χ3n) is 4.50. The molecule has 2 N–H and O–H groups in total. The third kappa shape index (κ3) is 5.81. The molecule has 0 radical (unpaired) electrons. The lowest BCUT2D eigenvalue weighted by molar-refractivity contribution is -0.115. The summed E-state index contributed by atoms with van der Waals surface area (Å²) in [7, 11) is 4.11. The highest BCUT2D eigenvalue weighted by molar-refractivity contribution is 6.31. The number of alkyl halides is 1. The molecule has 1 aromatic heterocycles. The number of hydrogen-bond acceptors (Lipinski definition) is 5. The number of halogens is 2. The monoisotopic (exact) mass is 445 g/mol. The van der Waals surface area contributed by atoms with Crippen LogP contribution in [0.1, 0.15) is 12.8 Å². The van der Waals surface area contributed by atoms with Gasteiger partial charge in [0.2, 0.25) is 5.91 Å². The first-order valence-corrected chi connectivity index (χ1v) is 10.7. The van der Waals surface area contributed by atoms with Gasteiger partial charge in [-0.25, -0.2) is 9.97 Å². The Morgan fingerprint density at radius 3 is 2.70 bits per heavy atom. The molecule has 2 aromatic carbocycles. The Morgan fingerprint density at radius 2 is 1.93 bits per heavy atom. The van der Waals surface area contributed by atoms with E-state index in [-0.39, 0.29) is 18.2 Å². The Kier molecular flexibility index (Phi) is 7.85. The number of aromatic nitrogens is 2. The van der Waals surface area contributed by atoms with E-state index < -0.39 is 0 Å². The van der Waals surface area contributed by atoms with Gasteiger partial charge >= 0.3 is 0 Å². The maximum atomic E-state index is 12.1. The molecule has 1 amide bonds. The normalized spacial score (nSPS) is 11.1. The molecular formula is C22H25Cl2N5O. The van der Waals surface area contributed by atoms with Crippen molar-refractivity contribution in [2.24, 2.45) is 0 Å². The van der Waals surface area contributed by atoms with Crippen molar-refractivity contribution >= 4 is 51.5 Å². The molecule has 8 heteroatoms. The average Bonchev–Trinajstić information content (AvgIpc) is 2.71. The lowest BCUT2D eigenvalue weighted by atomic mass is 10.1. The van der Waals surface area contributed by atoms with Crippen LogP contribution in [-0.2, 0) is 4.79 Å². The Labute approximate surface area is 186 Å². The van der Waals surface area contributed by atoms with E-state index in [1.54, 1.807) is 12.1 Å². The van der Waals surface area contributed by atoms with Crippen molar-refractivity contribution in [2.45, 2.75) is 12.8 Å². The summed E-state index contributed by atoms with van der Waals surface area (Å²) in [5, 5.41) is 7.77. The molecule has 0 unspecified atom stereocenters. The number of carbonyl (C=O) groups excluding carboxylic acids is 1. The van der Waals surface area contributed by atoms with Crippen LogP contribution in [-0.4, -0.2) is 53.8 Å². The maximum absolute atomic E-state index is 12.1. The third-order valence-corrected chi connectivity index (χ3v) is 4.92. The van der Waals surface area contributed by atoms with Crippen LogP contribution >= 0.6 is 23.2 Å². The highest BCUT2D eigenvalue weighted by Crippen LogP contribution is 2.31. The van der Waals surface area contributed by atoms with Crippen LogP contribution in [0.2, 0.25) is 5.02 Å². The zero-order valence-corrected chi connectivity index (χ0v) is 18.6. The predicted molar refractivity (Wildman–Crippen MR) is 126 cm³/mol. The summed E-state index contributed by atoms with van der Waals surface area (Å²) in [5.74, 6) is 1.34. The van der Waals surface area contributed by atoms with E-state index in [1.165, 1.54) is 0 Å². The van der Waals surface area contributed by atoms with Crippen molar-refractivity contribution < 1.29 is 4.79 Å². The van der Waals surface area contributed by atoms with Gasteiger partial charge in [-0.05, 0) is 57.4 Å². The van der Waals surface area contributed by atoms with Crippen molar-refractivity contribution in [3.05, 3.63) is 47.5 Å². The van der Waals surface area contributed by atoms with Gasteiger partial charge in [-0.3, -0.25) is 4.79 Å². The first-order chi connectivity index (χ1) is 14.5. The largest absolute Gasteiger partial charge is 0.369 e. The molecule has 3 rings (SSSR count). The summed E-state index contributed by atoms with van der Waals surface area (Å²) < 4.78 is 0. The van der Waals surface area contributed by atoms with Crippen LogP contribution in [0.3, 0.4) is 0 Å². The second kappa shape index (κ2) is 10.6. The smallest absolute Gasteiger partial charge is 0.225 e. The van der Waals surface area contributed by atoms with Crippen LogP contribution in [0, 0.1) is 0 Å². The van der Waals surface area contributed by atoms with E-state index in [1.807, 2.05) is 30.3 Å². The van der Waals surface area contributed by atoms with E-state index in [0.717, 1.165) is 36.2 Å². The number of carbonyl (C=O) groups is 1. The number of amides is 1. The summed E-state index contributed by atoms with van der Waals surface area (Å²) in [4.78, 5) is 23.8. The summed E-state index contributed by atoms with van der Waals surface area (Å²) >= 11 is 11.9. The second-order valence-corrected chi connectivity index (χ2v) is 7.99. The molecule has 3 aromatic rings. The van der Waals surface area contributed by atoms with E-state index in [9.17, 15) is 4.79 Å². The van der Waals surface area contributed by atoms with Crippen LogP contribution in [0.15, 0.2) is 42.5 Å². The molecule has 30 heavy (non-hydrogen) atoms. The number of rotatable bonds is 9. The predicted octanol–water partition coefficient (Wildman–Crippen LogP) is 4.88. The maximum Gasteiger partial charge on any atom is 0.225 e. The Hall–Kier alpha value is -2.41. The van der Waals surface area contributed by atoms with Crippen molar-refractivity contribution in [3.63, 3.8) is 0 Å². The van der Waals surface area contributed by atoms with E-state index in [0.29, 0.717) is 22.1 Å². The first-order valence-electron chi connectivity index (χ1n) is 9.79. The Morgan fingerprint density at radius 1 is 1.13 bits per heavy atom. The van der Waals surface area contributed by atoms with Crippen molar-refractivity contribution in [3.8, 4) is 11.4 Å². The highest BCUT2D eigenvalue weighted by Gasteiger charge is 2.15. The van der Waals surface area contributed by atoms with Crippen LogP contribution in [0.25, 0.3) is 22.3 Å². The minimum Gasteiger partial charge on any atom is -0.369 e. The zero-order chi connectivity index (χ0) is 21.5. The minimum atomic E-state index is -0.184. The molecule has 1 heterocycles. The molecule has 0 aliphatic heterocycles. The molecule has 0 saturated heterocycles. The number of para-hydroxylation sites is 1. The number of nitrogens with one attached hydrogen (secondary N) is 2. The van der Waals surface area contributed by atoms with E-state index in [2.05, 4.69) is 29.6 Å². The van der Waals surface area contributed by atoms with E-state index in [4.69, 9.17) is 33.2 Å². The number of hydrogen-bond donors (Lipinski definition) is 2. The van der Waals surface area contributed by atoms with E-state index >= 15 is 0 Å². The molecule has 0 saturated carbocycles. The van der Waals surface area contributed by atoms with Crippen LogP contribution < -0.4 is 10.6 Å². The minimum absolute atomic E-state index is 0.184. The van der Waals surface area contributed by atoms with Crippen LogP contribution in [0.4, 0.5) is 11.5 Å². The lowest BCUT2D eigenvalue weighted by Gasteiger charge is -2.15. The topological polar surface area (TPSA) is 70.2 Å². The van der Waals surface area contributed by atoms with Gasteiger partial charge in [-0.15, -0.1) is 11.6 Å². The van der Waals surface area contributed by atoms with Gasteiger partial charge in [0.1, 0.15) is 5.82 Å². The number of fused-ring (bicyclic) bond motifs is 1. The van der Waals surface area contributed by atoms with Gasteiger partial charge in [0.05, 0.1) is 11.2 Å². The highest BCUT2D eigenvalue weighted by atomic mass is 35.5. The lowest BCUT2D eigenvalue weighted by Crippen LogP contribution is -2.17. The van der Waals surface area contributed by atoms with Gasteiger partial charge in [0, 0.05) is 34.8 Å². The molecule has 158 valence electrons. The molecule has 0 spiro atoms. The quantitative estimate of drug-likeness (QED) is 0.362. The summed E-state index contributed by atoms with van der Waals surface area (Å²) in [6.07, 6.45) is 1.20. The fourth-order valence-electron chi connectivity index (χ4n) is 3.05. The fraction of sp³-hybridized carbons (Fsp3) is 0.318. The van der Waals surface area contributed by atoms with Gasteiger partial charge in [-0.1, -0.05) is 23.7 Å². The number of anilines is 2. The summed E-state index contributed by atoms with van der Waals surface area (Å²) in [6.45, 7) is 1.77. The SMILES string of the molecule is CN(C)CCCNc1nc(-c2ccc(Cl)cc2NC(=O)CCCl)nc2ccccc12. The second-order valence-electron chi connectivity index (χ2n) is 7.17. The molecule has 0 bridgehead atoms. The molecular weight excluding hydrogens is 421 g/mol. The number of benzene rings is 2. The van der Waals surface area contributed by atoms with Crippen molar-refractivity contribution in [1.29, 1.82) is 0 Å². The summed E-state index contributed by atoms with van der Waals surface area (Å²) in [6, 6.07) is 13.1. The standard InChI is InChI=1S/C22H25Cl2N5O/c1-29(2)13-5-12-25-21-16-6-3-4-7-18(16)27-22(28-21)17-9-8-15(24)14-19(17)26-20(30)10-11-23/h3-4,6-9,14H,5,10-13H2,1-2H3,(H,26,30)(H,25,27,28). The zero-order valence-electron chi connectivity index (χ0n) is 17.1. The van der Waals surface area contributed by atoms with Crippen molar-refractivity contribution in [1.82, 2.24) is 14.9 Å². The Bertz CT molecular complexity index is 1030. The molecule has 6 nitrogen and oxygen atoms in total. The van der Waals surface area contributed by atoms with Gasteiger partial charge in [0.25, 0.3) is 0 Å². The molecule has 0 aliphatic carbocycles. The first kappa shape index (κ1) is 22.3.